The topological polar surface area (TPSA) is 181 Å². The number of nitrogens with zero attached hydrogens (tertiary/aromatic N) is 8. The number of benzene rings is 1. The monoisotopic (exact) mass is 795 g/mol. The summed E-state index contributed by atoms with van der Waals surface area (Å²) in [6.07, 6.45) is 9.58. The number of likely N-dealkylation sites (N-methyl/N-ethyl adjacent to an activating group) is 1. The van der Waals surface area contributed by atoms with E-state index in [0.717, 1.165) is 74.1 Å². The molecule has 3 N–H and O–H groups in total. The minimum Gasteiger partial charge on any atom is -0.478 e. The van der Waals surface area contributed by atoms with Crippen LogP contribution in [0.25, 0.3) is 21.9 Å². The van der Waals surface area contributed by atoms with E-state index in [2.05, 4.69) is 41.8 Å². The number of para-hydroxylation sites is 1. The minimum absolute atomic E-state index is 0.0471. The number of pyridine rings is 2. The van der Waals surface area contributed by atoms with E-state index in [1.165, 1.54) is 18.0 Å². The molecule has 57 heavy (non-hydrogen) atoms. The summed E-state index contributed by atoms with van der Waals surface area (Å²) in [5, 5.41) is 15.0. The number of imide groups is 1. The van der Waals surface area contributed by atoms with Crippen LogP contribution < -0.4 is 36.0 Å². The second-order valence-electron chi connectivity index (χ2n) is 15.2. The van der Waals surface area contributed by atoms with Crippen molar-refractivity contribution in [3.8, 4) is 5.75 Å². The van der Waals surface area contributed by atoms with E-state index >= 15 is 0 Å². The minimum atomic E-state index is -0.420. The normalized spacial score (nSPS) is 18.3. The molecule has 3 amide bonds. The van der Waals surface area contributed by atoms with Crippen molar-refractivity contribution in [1.29, 1.82) is 0 Å². The Balaban J connectivity index is 0.866. The second-order valence-corrected chi connectivity index (χ2v) is 15.7. The molecule has 1 unspecified atom stereocenters. The summed E-state index contributed by atoms with van der Waals surface area (Å²) in [5.41, 5.74) is 3.61. The summed E-state index contributed by atoms with van der Waals surface area (Å²) in [5.74, 6) is 1.14. The van der Waals surface area contributed by atoms with Gasteiger partial charge in [-0.25, -0.2) is 9.97 Å². The number of aromatic nitrogens is 6. The lowest BCUT2D eigenvalue weighted by Gasteiger charge is -2.37. The van der Waals surface area contributed by atoms with E-state index in [4.69, 9.17) is 26.4 Å². The third-order valence-corrected chi connectivity index (χ3v) is 11.9. The Morgan fingerprint density at radius 2 is 1.70 bits per heavy atom. The first kappa shape index (κ1) is 38.1. The molecule has 0 saturated carbocycles. The van der Waals surface area contributed by atoms with Gasteiger partial charge in [-0.1, -0.05) is 23.7 Å². The van der Waals surface area contributed by atoms with Crippen LogP contribution in [0.2, 0.25) is 5.02 Å². The summed E-state index contributed by atoms with van der Waals surface area (Å²) in [6, 6.07) is 9.64. The van der Waals surface area contributed by atoms with Gasteiger partial charge in [-0.3, -0.25) is 33.7 Å². The summed E-state index contributed by atoms with van der Waals surface area (Å²) < 4.78 is 8.76. The summed E-state index contributed by atoms with van der Waals surface area (Å²) in [6.45, 7) is 3.36. The number of halogens is 1. The van der Waals surface area contributed by atoms with Crippen LogP contribution >= 0.6 is 11.6 Å². The van der Waals surface area contributed by atoms with Crippen molar-refractivity contribution in [2.75, 3.05) is 55.0 Å². The molecule has 1 aromatic carbocycles. The lowest BCUT2D eigenvalue weighted by Crippen LogP contribution is -2.39. The molecule has 4 aromatic heterocycles. The molecular formula is C40H46ClN11O5. The Labute approximate surface area is 333 Å². The average Bonchev–Trinajstić information content (AvgIpc) is 3.55. The van der Waals surface area contributed by atoms with Gasteiger partial charge < -0.3 is 25.2 Å². The van der Waals surface area contributed by atoms with E-state index in [0.29, 0.717) is 58.2 Å². The van der Waals surface area contributed by atoms with Crippen LogP contribution in [0.4, 0.5) is 23.1 Å². The number of aryl methyl sites for hydroxylation is 2. The maximum atomic E-state index is 12.8. The number of ether oxygens (including phenoxy) is 1. The molecule has 3 aliphatic rings. The number of hydrogen-bond donors (Lipinski definition) is 3. The fraction of sp³-hybridized carbons (Fsp3) is 0.450. The number of nitrogens with one attached hydrogen (secondary N) is 3. The van der Waals surface area contributed by atoms with Crippen molar-refractivity contribution >= 4 is 74.4 Å². The SMILES string of the molecule is CNC(=O)COc1cc2cc(Nc3nc(N4CCC(CC5CCN(c6cccc7c(C8CCC(=O)NC8=O)nn(C)c67)CC5)CC4)ncc3Cl)cnc2n(C)c1=O. The van der Waals surface area contributed by atoms with Crippen LogP contribution in [-0.4, -0.2) is 86.9 Å². The first-order chi connectivity index (χ1) is 27.6. The van der Waals surface area contributed by atoms with Crippen LogP contribution in [0.5, 0.6) is 5.75 Å². The lowest BCUT2D eigenvalue weighted by molar-refractivity contribution is -0.134. The Morgan fingerprint density at radius 1 is 0.965 bits per heavy atom. The number of carbonyl (C=O) groups excluding carboxylic acids is 3. The molecule has 3 saturated heterocycles. The number of hydrogen-bond acceptors (Lipinski definition) is 12. The van der Waals surface area contributed by atoms with Crippen molar-refractivity contribution in [3.05, 3.63) is 63.8 Å². The smallest absolute Gasteiger partial charge is 0.294 e. The molecule has 3 aliphatic heterocycles. The highest BCUT2D eigenvalue weighted by molar-refractivity contribution is 6.33. The lowest BCUT2D eigenvalue weighted by atomic mass is 9.82. The number of amides is 3. The molecule has 298 valence electrons. The van der Waals surface area contributed by atoms with E-state index in [1.54, 1.807) is 25.5 Å². The van der Waals surface area contributed by atoms with Gasteiger partial charge in [0.1, 0.15) is 10.7 Å². The molecule has 17 heteroatoms. The van der Waals surface area contributed by atoms with Crippen LogP contribution in [0.15, 0.2) is 47.5 Å². The Hall–Kier alpha value is -5.77. The highest BCUT2D eigenvalue weighted by Crippen LogP contribution is 2.38. The number of piperidine rings is 3. The van der Waals surface area contributed by atoms with Gasteiger partial charge in [0.05, 0.1) is 40.9 Å². The number of rotatable bonds is 10. The van der Waals surface area contributed by atoms with E-state index < -0.39 is 11.5 Å². The van der Waals surface area contributed by atoms with E-state index in [1.807, 2.05) is 29.9 Å². The molecular weight excluding hydrogens is 750 g/mol. The van der Waals surface area contributed by atoms with Crippen LogP contribution in [0, 0.1) is 11.8 Å². The third kappa shape index (κ3) is 7.82. The zero-order valence-electron chi connectivity index (χ0n) is 32.3. The molecule has 0 radical (unpaired) electrons. The zero-order valence-corrected chi connectivity index (χ0v) is 33.0. The molecule has 0 aliphatic carbocycles. The van der Waals surface area contributed by atoms with Crippen molar-refractivity contribution in [1.82, 2.24) is 39.9 Å². The average molecular weight is 796 g/mol. The second kappa shape index (κ2) is 16.0. The Bertz CT molecular complexity index is 2420. The molecule has 5 aromatic rings. The first-order valence-electron chi connectivity index (χ1n) is 19.5. The molecule has 8 rings (SSSR count). The maximum absolute atomic E-state index is 12.8. The number of carbonyl (C=O) groups is 3. The molecule has 3 fully saturated rings. The van der Waals surface area contributed by atoms with Gasteiger partial charge in [-0.05, 0) is 68.6 Å². The van der Waals surface area contributed by atoms with E-state index in [-0.39, 0.29) is 30.1 Å². The van der Waals surface area contributed by atoms with Gasteiger partial charge in [-0.15, -0.1) is 0 Å². The van der Waals surface area contributed by atoms with E-state index in [9.17, 15) is 19.2 Å². The van der Waals surface area contributed by atoms with Crippen molar-refractivity contribution < 1.29 is 19.1 Å². The van der Waals surface area contributed by atoms with Crippen LogP contribution in [-0.2, 0) is 28.5 Å². The predicted molar refractivity (Wildman–Crippen MR) is 217 cm³/mol. The first-order valence-corrected chi connectivity index (χ1v) is 19.9. The van der Waals surface area contributed by atoms with Crippen molar-refractivity contribution in [2.24, 2.45) is 25.9 Å². The van der Waals surface area contributed by atoms with Gasteiger partial charge >= 0.3 is 0 Å². The summed E-state index contributed by atoms with van der Waals surface area (Å²) in [7, 11) is 5.04. The molecule has 7 heterocycles. The predicted octanol–water partition coefficient (Wildman–Crippen LogP) is 4.18. The Kier molecular flexibility index (Phi) is 10.7. The quantitative estimate of drug-likeness (QED) is 0.172. The molecule has 16 nitrogen and oxygen atoms in total. The zero-order chi connectivity index (χ0) is 39.8. The summed E-state index contributed by atoms with van der Waals surface area (Å²) >= 11 is 6.56. The fourth-order valence-corrected chi connectivity index (χ4v) is 8.65. The molecule has 0 bridgehead atoms. The van der Waals surface area contributed by atoms with Gasteiger partial charge in [0, 0.05) is 64.5 Å². The molecule has 0 spiro atoms. The van der Waals surface area contributed by atoms with Crippen LogP contribution in [0.1, 0.15) is 56.6 Å². The fourth-order valence-electron chi connectivity index (χ4n) is 8.51. The molecule has 1 atom stereocenters. The highest BCUT2D eigenvalue weighted by atomic mass is 35.5. The third-order valence-electron chi connectivity index (χ3n) is 11.6. The standard InChI is InChI=1S/C40H46ClN11O5/c1-42-33(54)22-57-31-19-25-18-26(20-43-37(25)49(2)39(31)56)45-36-29(41)21-44-40(47-36)52-15-11-24(12-16-52)17-23-9-13-51(14-10-23)30-6-4-5-27-34(48-50(3)35(27)30)28-7-8-32(53)46-38(28)55/h4-6,18-21,23-24,28H,7-17,22H2,1-3H3,(H,42,54)(H,44,45,47)(H,46,53,55). The largest absolute Gasteiger partial charge is 0.478 e. The number of fused-ring (bicyclic) bond motifs is 2. The highest BCUT2D eigenvalue weighted by Gasteiger charge is 2.33. The summed E-state index contributed by atoms with van der Waals surface area (Å²) in [4.78, 5) is 67.4. The van der Waals surface area contributed by atoms with Crippen molar-refractivity contribution in [2.45, 2.75) is 50.9 Å². The maximum Gasteiger partial charge on any atom is 0.294 e. The van der Waals surface area contributed by atoms with Gasteiger partial charge in [-0.2, -0.15) is 10.1 Å². The van der Waals surface area contributed by atoms with Gasteiger partial charge in [0.25, 0.3) is 11.5 Å². The number of anilines is 4. The van der Waals surface area contributed by atoms with Gasteiger partial charge in [0.2, 0.25) is 17.8 Å². The van der Waals surface area contributed by atoms with Gasteiger partial charge in [0.15, 0.2) is 18.2 Å². The Morgan fingerprint density at radius 3 is 2.42 bits per heavy atom. The van der Waals surface area contributed by atoms with Crippen molar-refractivity contribution in [3.63, 3.8) is 0 Å². The van der Waals surface area contributed by atoms with Crippen LogP contribution in [0.3, 0.4) is 0 Å².